The van der Waals surface area contributed by atoms with Gasteiger partial charge in [-0.05, 0) is 36.6 Å². The molecule has 1 aromatic carbocycles. The molecule has 0 spiro atoms. The summed E-state index contributed by atoms with van der Waals surface area (Å²) in [5, 5.41) is 13.0. The van der Waals surface area contributed by atoms with E-state index in [0.717, 1.165) is 24.2 Å². The predicted octanol–water partition coefficient (Wildman–Crippen LogP) is 1.42. The maximum absolute atomic E-state index is 12.5. The van der Waals surface area contributed by atoms with Gasteiger partial charge in [-0.2, -0.15) is 10.4 Å². The number of benzene rings is 1. The summed E-state index contributed by atoms with van der Waals surface area (Å²) >= 11 is 0. The number of hydrogen-bond donors (Lipinski definition) is 1. The molecule has 1 aliphatic heterocycles. The third kappa shape index (κ3) is 2.63. The van der Waals surface area contributed by atoms with Crippen LogP contribution in [0.2, 0.25) is 0 Å². The zero-order chi connectivity index (χ0) is 15.7. The Morgan fingerprint density at radius 3 is 3.05 bits per heavy atom. The molecule has 3 rings (SSSR count). The molecule has 0 aliphatic carbocycles. The molecular formula is C14H14N4O3S. The largest absolute Gasteiger partial charge is 0.493 e. The van der Waals surface area contributed by atoms with E-state index in [0.29, 0.717) is 6.61 Å². The molecule has 0 saturated heterocycles. The number of nitrogens with zero attached hydrogens (tertiary/aromatic N) is 3. The van der Waals surface area contributed by atoms with Gasteiger partial charge in [0.15, 0.2) is 5.82 Å². The molecule has 1 N–H and O–H groups in total. The van der Waals surface area contributed by atoms with E-state index in [1.54, 1.807) is 19.2 Å². The summed E-state index contributed by atoms with van der Waals surface area (Å²) in [6, 6.07) is 6.66. The lowest BCUT2D eigenvalue weighted by atomic mass is 10.1. The fourth-order valence-electron chi connectivity index (χ4n) is 2.34. The first kappa shape index (κ1) is 14.4. The van der Waals surface area contributed by atoms with Crippen molar-refractivity contribution in [2.24, 2.45) is 7.05 Å². The lowest BCUT2D eigenvalue weighted by Crippen LogP contribution is -2.16. The molecule has 2 aromatic rings. The number of rotatable bonds is 3. The smallest absolute Gasteiger partial charge is 0.263 e. The highest BCUT2D eigenvalue weighted by atomic mass is 32.2. The van der Waals surface area contributed by atoms with Gasteiger partial charge in [-0.3, -0.25) is 9.40 Å². The normalized spacial score (nSPS) is 13.8. The Balaban J connectivity index is 1.94. The average Bonchev–Trinajstić information content (AvgIpc) is 2.85. The summed E-state index contributed by atoms with van der Waals surface area (Å²) in [7, 11) is -2.18. The Morgan fingerprint density at radius 2 is 2.27 bits per heavy atom. The monoisotopic (exact) mass is 318 g/mol. The summed E-state index contributed by atoms with van der Waals surface area (Å²) in [4.78, 5) is 0.131. The van der Waals surface area contributed by atoms with E-state index in [1.165, 1.54) is 16.9 Å². The van der Waals surface area contributed by atoms with Crippen LogP contribution in [-0.4, -0.2) is 24.8 Å². The topological polar surface area (TPSA) is 97.0 Å². The Labute approximate surface area is 128 Å². The molecule has 0 fully saturated rings. The molecule has 8 heteroatoms. The van der Waals surface area contributed by atoms with Crippen LogP contribution in [0, 0.1) is 11.3 Å². The SMILES string of the molecule is Cn1cc(C#N)c(NS(=O)(=O)c2ccc3c(c2)CCCO3)n1. The molecule has 0 atom stereocenters. The van der Waals surface area contributed by atoms with Crippen LogP contribution in [-0.2, 0) is 23.5 Å². The van der Waals surface area contributed by atoms with E-state index < -0.39 is 10.0 Å². The minimum Gasteiger partial charge on any atom is -0.493 e. The van der Waals surface area contributed by atoms with Gasteiger partial charge in [0, 0.05) is 13.2 Å². The highest BCUT2D eigenvalue weighted by Gasteiger charge is 2.21. The van der Waals surface area contributed by atoms with Crippen LogP contribution in [0.25, 0.3) is 0 Å². The second-order valence-corrected chi connectivity index (χ2v) is 6.69. The Morgan fingerprint density at radius 1 is 1.45 bits per heavy atom. The van der Waals surface area contributed by atoms with Crippen LogP contribution >= 0.6 is 0 Å². The van der Waals surface area contributed by atoms with E-state index in [1.807, 2.05) is 6.07 Å². The van der Waals surface area contributed by atoms with Crippen LogP contribution in [0.3, 0.4) is 0 Å². The lowest BCUT2D eigenvalue weighted by molar-refractivity contribution is 0.288. The molecule has 114 valence electrons. The van der Waals surface area contributed by atoms with Gasteiger partial charge in [0.1, 0.15) is 17.4 Å². The van der Waals surface area contributed by atoms with Gasteiger partial charge >= 0.3 is 0 Å². The zero-order valence-electron chi connectivity index (χ0n) is 11.9. The third-order valence-electron chi connectivity index (χ3n) is 3.37. The van der Waals surface area contributed by atoms with Gasteiger partial charge in [-0.15, -0.1) is 0 Å². The van der Waals surface area contributed by atoms with E-state index >= 15 is 0 Å². The summed E-state index contributed by atoms with van der Waals surface area (Å²) in [6.45, 7) is 0.650. The number of nitriles is 1. The van der Waals surface area contributed by atoms with Crippen molar-refractivity contribution >= 4 is 15.8 Å². The first-order valence-corrected chi connectivity index (χ1v) is 8.20. The van der Waals surface area contributed by atoms with Gasteiger partial charge in [0.2, 0.25) is 0 Å². The van der Waals surface area contributed by atoms with Gasteiger partial charge in [-0.1, -0.05) is 0 Å². The summed E-state index contributed by atoms with van der Waals surface area (Å²) in [5.41, 5.74) is 1.04. The highest BCUT2D eigenvalue weighted by Crippen LogP contribution is 2.28. The summed E-state index contributed by atoms with van der Waals surface area (Å²) in [5.74, 6) is 0.750. The number of hydrogen-bond acceptors (Lipinski definition) is 5. The summed E-state index contributed by atoms with van der Waals surface area (Å²) < 4.78 is 34.1. The fourth-order valence-corrected chi connectivity index (χ4v) is 3.40. The zero-order valence-corrected chi connectivity index (χ0v) is 12.7. The molecule has 1 aromatic heterocycles. The Bertz CT molecular complexity index is 865. The Kier molecular flexibility index (Phi) is 3.50. The van der Waals surface area contributed by atoms with E-state index in [-0.39, 0.29) is 16.3 Å². The quantitative estimate of drug-likeness (QED) is 0.923. The maximum Gasteiger partial charge on any atom is 0.263 e. The lowest BCUT2D eigenvalue weighted by Gasteiger charge is -2.17. The van der Waals surface area contributed by atoms with Gasteiger partial charge < -0.3 is 4.74 Å². The van der Waals surface area contributed by atoms with Crippen molar-refractivity contribution in [1.82, 2.24) is 9.78 Å². The molecule has 0 bridgehead atoms. The molecule has 0 saturated carbocycles. The Hall–Kier alpha value is -2.53. The van der Waals surface area contributed by atoms with E-state index in [9.17, 15) is 8.42 Å². The van der Waals surface area contributed by atoms with Crippen LogP contribution < -0.4 is 9.46 Å². The van der Waals surface area contributed by atoms with E-state index in [2.05, 4.69) is 9.82 Å². The predicted molar refractivity (Wildman–Crippen MR) is 79.0 cm³/mol. The van der Waals surface area contributed by atoms with Crippen molar-refractivity contribution < 1.29 is 13.2 Å². The number of anilines is 1. The van der Waals surface area contributed by atoms with Gasteiger partial charge in [0.05, 0.1) is 11.5 Å². The number of ether oxygens (including phenoxy) is 1. The second kappa shape index (κ2) is 5.35. The minimum absolute atomic E-state index is 0.0268. The van der Waals surface area contributed by atoms with Crippen LogP contribution in [0.4, 0.5) is 5.82 Å². The fraction of sp³-hybridized carbons (Fsp3) is 0.286. The second-order valence-electron chi connectivity index (χ2n) is 5.00. The van der Waals surface area contributed by atoms with Crippen molar-refractivity contribution in [3.05, 3.63) is 35.5 Å². The first-order chi connectivity index (χ1) is 10.5. The minimum atomic E-state index is -3.80. The van der Waals surface area contributed by atoms with Crippen molar-refractivity contribution in [2.75, 3.05) is 11.3 Å². The van der Waals surface area contributed by atoms with E-state index in [4.69, 9.17) is 10.00 Å². The number of fused-ring (bicyclic) bond motifs is 1. The number of aryl methyl sites for hydroxylation is 2. The standard InChI is InChI=1S/C14H14N4O3S/c1-18-9-11(8-15)14(16-18)17-22(19,20)12-4-5-13-10(7-12)3-2-6-21-13/h4-5,7,9H,2-3,6H2,1H3,(H,16,17). The number of sulfonamides is 1. The van der Waals surface area contributed by atoms with Crippen molar-refractivity contribution in [3.63, 3.8) is 0 Å². The highest BCUT2D eigenvalue weighted by molar-refractivity contribution is 7.92. The molecule has 22 heavy (non-hydrogen) atoms. The van der Waals surface area contributed by atoms with Crippen molar-refractivity contribution in [1.29, 1.82) is 5.26 Å². The third-order valence-corrected chi connectivity index (χ3v) is 4.71. The van der Waals surface area contributed by atoms with Gasteiger partial charge in [0.25, 0.3) is 10.0 Å². The average molecular weight is 318 g/mol. The molecule has 1 aliphatic rings. The van der Waals surface area contributed by atoms with Crippen LogP contribution in [0.5, 0.6) is 5.75 Å². The number of nitrogens with one attached hydrogen (secondary N) is 1. The molecule has 0 amide bonds. The van der Waals surface area contributed by atoms with Crippen molar-refractivity contribution in [2.45, 2.75) is 17.7 Å². The van der Waals surface area contributed by atoms with Gasteiger partial charge in [-0.25, -0.2) is 8.42 Å². The molecule has 0 radical (unpaired) electrons. The van der Waals surface area contributed by atoms with Crippen LogP contribution in [0.15, 0.2) is 29.3 Å². The van der Waals surface area contributed by atoms with Crippen LogP contribution in [0.1, 0.15) is 17.5 Å². The summed E-state index contributed by atoms with van der Waals surface area (Å²) in [6.07, 6.45) is 3.10. The molecule has 2 heterocycles. The molecular weight excluding hydrogens is 304 g/mol. The number of aromatic nitrogens is 2. The van der Waals surface area contributed by atoms with Crippen molar-refractivity contribution in [3.8, 4) is 11.8 Å². The first-order valence-electron chi connectivity index (χ1n) is 6.72. The molecule has 7 nitrogen and oxygen atoms in total. The molecule has 0 unspecified atom stereocenters. The maximum atomic E-state index is 12.5.